The Morgan fingerprint density at radius 1 is 0.833 bits per heavy atom. The van der Waals surface area contributed by atoms with Gasteiger partial charge in [0.2, 0.25) is 0 Å². The van der Waals surface area contributed by atoms with Crippen molar-refractivity contribution < 1.29 is 44.9 Å². The minimum absolute atomic E-state index is 0.0387. The van der Waals surface area contributed by atoms with Gasteiger partial charge >= 0.3 is 12.3 Å². The molecule has 0 atom stereocenters. The molecule has 0 amide bonds. The Bertz CT molecular complexity index is 1060. The molecule has 0 N–H and O–H groups in total. The first-order valence-corrected chi connectivity index (χ1v) is 8.33. The first kappa shape index (κ1) is 21.5. The highest BCUT2D eigenvalue weighted by Crippen LogP contribution is 2.36. The molecule has 0 bridgehead atoms. The first-order valence-electron chi connectivity index (χ1n) is 8.33. The highest BCUT2D eigenvalue weighted by Gasteiger charge is 2.38. The van der Waals surface area contributed by atoms with Gasteiger partial charge in [-0.1, -0.05) is 6.07 Å². The number of fused-ring (bicyclic) bond motifs is 1. The van der Waals surface area contributed by atoms with Crippen LogP contribution in [0.5, 0.6) is 17.2 Å². The fourth-order valence-electron chi connectivity index (χ4n) is 2.65. The van der Waals surface area contributed by atoms with Crippen molar-refractivity contribution >= 4 is 10.8 Å². The number of halogens is 7. The number of ether oxygens (including phenoxy) is 3. The molecule has 0 aliphatic carbocycles. The Morgan fingerprint density at radius 2 is 1.53 bits per heavy atom. The van der Waals surface area contributed by atoms with E-state index in [-0.39, 0.29) is 16.5 Å². The van der Waals surface area contributed by atoms with Crippen LogP contribution in [0.15, 0.2) is 48.5 Å². The van der Waals surface area contributed by atoms with Crippen molar-refractivity contribution in [3.8, 4) is 17.2 Å². The van der Waals surface area contributed by atoms with Crippen molar-refractivity contribution in [2.75, 3.05) is 13.7 Å². The van der Waals surface area contributed by atoms with Gasteiger partial charge in [0.1, 0.15) is 22.9 Å². The average Bonchev–Trinajstić information content (AvgIpc) is 2.66. The maximum absolute atomic E-state index is 14.4. The zero-order valence-electron chi connectivity index (χ0n) is 15.2. The summed E-state index contributed by atoms with van der Waals surface area (Å²) in [6.45, 7) is -1.68. The second-order valence-electron chi connectivity index (χ2n) is 6.13. The molecule has 0 fully saturated rings. The third-order valence-electron chi connectivity index (χ3n) is 4.02. The molecule has 0 spiro atoms. The molecule has 0 saturated carbocycles. The van der Waals surface area contributed by atoms with Gasteiger partial charge in [-0.2, -0.15) is 22.0 Å². The molecule has 10 heteroatoms. The zero-order chi connectivity index (χ0) is 22.1. The average molecular weight is 434 g/mol. The SMILES string of the molecule is COc1ccc(C(F)(F)Oc2ccc3c(F)c(OCC(F)(F)F)ccc3c2)c(F)c1. The highest BCUT2D eigenvalue weighted by atomic mass is 19.4. The van der Waals surface area contributed by atoms with Gasteiger partial charge in [0.15, 0.2) is 18.2 Å². The third-order valence-corrected chi connectivity index (χ3v) is 4.02. The number of rotatable bonds is 6. The standard InChI is InChI=1S/C20H13F7O3/c1-28-12-4-6-15(16(21)9-12)20(26,27)30-13-3-5-14-11(8-13)2-7-17(18(14)22)29-10-19(23,24)25/h2-9H,10H2,1H3. The summed E-state index contributed by atoms with van der Waals surface area (Å²) in [5.41, 5.74) is -1.04. The van der Waals surface area contributed by atoms with Crippen LogP contribution in [0.25, 0.3) is 10.8 Å². The second kappa shape index (κ2) is 7.92. The molecule has 3 aromatic rings. The quantitative estimate of drug-likeness (QED) is 0.433. The van der Waals surface area contributed by atoms with Crippen LogP contribution in [-0.4, -0.2) is 19.9 Å². The molecule has 0 aromatic heterocycles. The molecule has 0 saturated heterocycles. The summed E-state index contributed by atoms with van der Waals surface area (Å²) in [4.78, 5) is 0. The van der Waals surface area contributed by atoms with E-state index in [0.717, 1.165) is 42.5 Å². The van der Waals surface area contributed by atoms with Crippen LogP contribution in [0.3, 0.4) is 0 Å². The van der Waals surface area contributed by atoms with Gasteiger partial charge in [0.25, 0.3) is 0 Å². The van der Waals surface area contributed by atoms with Crippen LogP contribution in [0.2, 0.25) is 0 Å². The molecule has 160 valence electrons. The lowest BCUT2D eigenvalue weighted by molar-refractivity contribution is -0.187. The van der Waals surface area contributed by atoms with E-state index in [4.69, 9.17) is 4.74 Å². The first-order chi connectivity index (χ1) is 14.0. The largest absolute Gasteiger partial charge is 0.497 e. The summed E-state index contributed by atoms with van der Waals surface area (Å²) >= 11 is 0. The maximum atomic E-state index is 14.4. The zero-order valence-corrected chi connectivity index (χ0v) is 15.2. The van der Waals surface area contributed by atoms with Crippen molar-refractivity contribution in [3.05, 3.63) is 65.7 Å². The summed E-state index contributed by atoms with van der Waals surface area (Å²) in [7, 11) is 1.25. The second-order valence-corrected chi connectivity index (χ2v) is 6.13. The van der Waals surface area contributed by atoms with Crippen LogP contribution in [0, 0.1) is 11.6 Å². The van der Waals surface area contributed by atoms with Crippen LogP contribution in [0.1, 0.15) is 5.56 Å². The Hall–Kier alpha value is -3.17. The van der Waals surface area contributed by atoms with Crippen molar-refractivity contribution in [1.82, 2.24) is 0 Å². The molecule has 0 heterocycles. The molecular weight excluding hydrogens is 421 g/mol. The summed E-state index contributed by atoms with van der Waals surface area (Å²) in [6, 6.07) is 7.89. The van der Waals surface area contributed by atoms with E-state index in [1.165, 1.54) is 13.2 Å². The van der Waals surface area contributed by atoms with E-state index < -0.39 is 47.6 Å². The van der Waals surface area contributed by atoms with Crippen molar-refractivity contribution in [2.24, 2.45) is 0 Å². The minimum Gasteiger partial charge on any atom is -0.497 e. The fraction of sp³-hybridized carbons (Fsp3) is 0.200. The van der Waals surface area contributed by atoms with E-state index in [9.17, 15) is 30.7 Å². The van der Waals surface area contributed by atoms with Gasteiger partial charge in [0.05, 0.1) is 7.11 Å². The van der Waals surface area contributed by atoms with Gasteiger partial charge in [-0.3, -0.25) is 0 Å². The molecular formula is C20H13F7O3. The number of methoxy groups -OCH3 is 1. The molecule has 3 rings (SSSR count). The Morgan fingerprint density at radius 3 is 2.17 bits per heavy atom. The molecule has 3 nitrogen and oxygen atoms in total. The summed E-state index contributed by atoms with van der Waals surface area (Å²) in [5, 5.41) is -0.101. The van der Waals surface area contributed by atoms with Gasteiger partial charge in [-0.25, -0.2) is 8.78 Å². The van der Waals surface area contributed by atoms with Gasteiger partial charge < -0.3 is 14.2 Å². The van der Waals surface area contributed by atoms with Crippen LogP contribution in [0.4, 0.5) is 30.7 Å². The van der Waals surface area contributed by atoms with Crippen molar-refractivity contribution in [3.63, 3.8) is 0 Å². The van der Waals surface area contributed by atoms with Gasteiger partial charge in [0, 0.05) is 11.5 Å². The molecule has 30 heavy (non-hydrogen) atoms. The highest BCUT2D eigenvalue weighted by molar-refractivity contribution is 5.86. The molecule has 3 aromatic carbocycles. The number of hydrogen-bond donors (Lipinski definition) is 0. The van der Waals surface area contributed by atoms with Crippen molar-refractivity contribution in [2.45, 2.75) is 12.3 Å². The number of hydrogen-bond acceptors (Lipinski definition) is 3. The number of alkyl halides is 5. The van der Waals surface area contributed by atoms with Crippen molar-refractivity contribution in [1.29, 1.82) is 0 Å². The lowest BCUT2D eigenvalue weighted by Crippen LogP contribution is -2.23. The normalized spacial score (nSPS) is 12.1. The molecule has 0 aliphatic rings. The topological polar surface area (TPSA) is 27.7 Å². The van der Waals surface area contributed by atoms with Crippen LogP contribution < -0.4 is 14.2 Å². The smallest absolute Gasteiger partial charge is 0.429 e. The monoisotopic (exact) mass is 434 g/mol. The Balaban J connectivity index is 1.86. The van der Waals surface area contributed by atoms with Crippen LogP contribution >= 0.6 is 0 Å². The maximum Gasteiger partial charge on any atom is 0.429 e. The lowest BCUT2D eigenvalue weighted by atomic mass is 10.1. The van der Waals surface area contributed by atoms with E-state index in [2.05, 4.69) is 9.47 Å². The third kappa shape index (κ3) is 4.69. The van der Waals surface area contributed by atoms with E-state index in [0.29, 0.717) is 0 Å². The fourth-order valence-corrected chi connectivity index (χ4v) is 2.65. The van der Waals surface area contributed by atoms with Gasteiger partial charge in [-0.05, 0) is 41.8 Å². The predicted molar refractivity (Wildman–Crippen MR) is 92.9 cm³/mol. The van der Waals surface area contributed by atoms with E-state index in [1.807, 2.05) is 0 Å². The lowest BCUT2D eigenvalue weighted by Gasteiger charge is -2.19. The summed E-state index contributed by atoms with van der Waals surface area (Å²) in [6.07, 6.45) is -8.71. The van der Waals surface area contributed by atoms with E-state index >= 15 is 0 Å². The molecule has 0 unspecified atom stereocenters. The summed E-state index contributed by atoms with van der Waals surface area (Å²) in [5.74, 6) is -3.35. The van der Waals surface area contributed by atoms with Gasteiger partial charge in [-0.15, -0.1) is 0 Å². The number of benzene rings is 3. The molecule has 0 aliphatic heterocycles. The molecule has 0 radical (unpaired) electrons. The van der Waals surface area contributed by atoms with Crippen LogP contribution in [-0.2, 0) is 6.11 Å². The Kier molecular flexibility index (Phi) is 5.69. The Labute approximate surface area is 165 Å². The summed E-state index contributed by atoms with van der Waals surface area (Å²) < 4.78 is 108. The predicted octanol–water partition coefficient (Wildman–Crippen LogP) is 6.20. The van der Waals surface area contributed by atoms with E-state index in [1.54, 1.807) is 0 Å². The minimum atomic E-state index is -4.65.